The van der Waals surface area contributed by atoms with Gasteiger partial charge in [-0.05, 0) is 12.8 Å². The summed E-state index contributed by atoms with van der Waals surface area (Å²) in [6.45, 7) is 3.54. The highest BCUT2D eigenvalue weighted by atomic mass is 15.1. The van der Waals surface area contributed by atoms with Crippen molar-refractivity contribution in [3.63, 3.8) is 0 Å². The molecule has 0 bridgehead atoms. The molecule has 8 heavy (non-hydrogen) atoms. The number of rotatable bonds is 1. The first kappa shape index (κ1) is 6.09. The minimum absolute atomic E-state index is 0.870. The Morgan fingerprint density at radius 1 is 1.75 bits per heavy atom. The molecule has 1 fully saturated rings. The molecule has 0 aromatic heterocycles. The Bertz CT molecular complexity index is 70.8. The van der Waals surface area contributed by atoms with Gasteiger partial charge in [-0.15, -0.1) is 0 Å². The van der Waals surface area contributed by atoms with Gasteiger partial charge in [-0.3, -0.25) is 0 Å². The molecule has 0 aromatic rings. The summed E-state index contributed by atoms with van der Waals surface area (Å²) in [6, 6.07) is 0.870. The van der Waals surface area contributed by atoms with E-state index in [1.807, 2.05) is 0 Å². The molecule has 2 atom stereocenters. The average molecular weight is 113 g/mol. The Morgan fingerprint density at radius 3 is 2.75 bits per heavy atom. The summed E-state index contributed by atoms with van der Waals surface area (Å²) in [6.07, 6.45) is 4.09. The van der Waals surface area contributed by atoms with Crippen LogP contribution in [0, 0.1) is 7.05 Å². The van der Waals surface area contributed by atoms with Gasteiger partial charge in [-0.2, -0.15) is 7.05 Å². The minimum atomic E-state index is 0.870. The lowest BCUT2D eigenvalue weighted by Gasteiger charge is -2.21. The van der Waals surface area contributed by atoms with E-state index in [0.717, 1.165) is 6.04 Å². The summed E-state index contributed by atoms with van der Waals surface area (Å²) in [5.74, 6) is 0. The molecule has 0 saturated carbocycles. The van der Waals surface area contributed by atoms with Crippen molar-refractivity contribution < 1.29 is 4.90 Å². The van der Waals surface area contributed by atoms with E-state index in [0.29, 0.717) is 0 Å². The molecule has 1 rings (SSSR count). The van der Waals surface area contributed by atoms with Gasteiger partial charge in [0.25, 0.3) is 0 Å². The van der Waals surface area contributed by atoms with Crippen LogP contribution in [0.2, 0.25) is 0 Å². The van der Waals surface area contributed by atoms with Crippen molar-refractivity contribution in [2.45, 2.75) is 32.2 Å². The molecule has 1 nitrogen and oxygen atoms in total. The number of nitrogens with one attached hydrogen (secondary N) is 1. The fourth-order valence-corrected chi connectivity index (χ4v) is 1.48. The molecule has 0 radical (unpaired) electrons. The molecule has 0 aliphatic carbocycles. The summed E-state index contributed by atoms with van der Waals surface area (Å²) in [5.41, 5.74) is 0. The first-order valence-corrected chi connectivity index (χ1v) is 3.52. The van der Waals surface area contributed by atoms with Crippen LogP contribution < -0.4 is 4.90 Å². The van der Waals surface area contributed by atoms with Gasteiger partial charge in [0.2, 0.25) is 0 Å². The number of hydrogen-bond acceptors (Lipinski definition) is 0. The van der Waals surface area contributed by atoms with E-state index >= 15 is 0 Å². The van der Waals surface area contributed by atoms with Crippen molar-refractivity contribution in [3.05, 3.63) is 7.05 Å². The lowest BCUT2D eigenvalue weighted by atomic mass is 10.2. The van der Waals surface area contributed by atoms with Gasteiger partial charge in [0.1, 0.15) is 0 Å². The molecule has 0 spiro atoms. The summed E-state index contributed by atoms with van der Waals surface area (Å²) < 4.78 is 0. The zero-order chi connectivity index (χ0) is 5.98. The predicted molar refractivity (Wildman–Crippen MR) is 34.5 cm³/mol. The Kier molecular flexibility index (Phi) is 1.90. The van der Waals surface area contributed by atoms with Gasteiger partial charge >= 0.3 is 0 Å². The van der Waals surface area contributed by atoms with E-state index in [1.54, 1.807) is 0 Å². The van der Waals surface area contributed by atoms with Crippen LogP contribution in [-0.4, -0.2) is 12.6 Å². The van der Waals surface area contributed by atoms with Crippen LogP contribution >= 0.6 is 0 Å². The molecule has 48 valence electrons. The largest absolute Gasteiger partial charge is 0.465 e. The maximum atomic E-state index is 4.01. The molecular weight excluding hydrogens is 98.1 g/mol. The second kappa shape index (κ2) is 2.49. The van der Waals surface area contributed by atoms with Crippen LogP contribution in [0.25, 0.3) is 0 Å². The number of hydrogen-bond donors (Lipinski definition) is 1. The van der Waals surface area contributed by atoms with E-state index in [2.05, 4.69) is 14.0 Å². The van der Waals surface area contributed by atoms with Crippen LogP contribution in [0.5, 0.6) is 0 Å². The van der Waals surface area contributed by atoms with Crippen molar-refractivity contribution in [2.24, 2.45) is 0 Å². The third-order valence-corrected chi connectivity index (χ3v) is 2.12. The monoisotopic (exact) mass is 113 g/mol. The normalized spacial score (nSPS) is 38.2. The highest BCUT2D eigenvalue weighted by Crippen LogP contribution is 2.01. The van der Waals surface area contributed by atoms with Crippen molar-refractivity contribution in [1.29, 1.82) is 0 Å². The van der Waals surface area contributed by atoms with Crippen molar-refractivity contribution in [2.75, 3.05) is 6.54 Å². The number of quaternary nitrogens is 1. The molecule has 1 aliphatic heterocycles. The summed E-state index contributed by atoms with van der Waals surface area (Å²) in [7, 11) is 4.01. The molecule has 1 unspecified atom stereocenters. The lowest BCUT2D eigenvalue weighted by molar-refractivity contribution is -0.866. The number of likely N-dealkylation sites (tertiary alicyclic amines) is 1. The van der Waals surface area contributed by atoms with E-state index in [1.165, 1.54) is 30.7 Å². The molecule has 0 amide bonds. The van der Waals surface area contributed by atoms with Gasteiger partial charge in [0.15, 0.2) is 0 Å². The van der Waals surface area contributed by atoms with Crippen LogP contribution in [0.1, 0.15) is 26.2 Å². The third-order valence-electron chi connectivity index (χ3n) is 2.12. The lowest BCUT2D eigenvalue weighted by Crippen LogP contribution is -3.08. The van der Waals surface area contributed by atoms with Crippen LogP contribution in [0.4, 0.5) is 0 Å². The van der Waals surface area contributed by atoms with E-state index in [9.17, 15) is 0 Å². The zero-order valence-electron chi connectivity index (χ0n) is 5.61. The first-order chi connectivity index (χ1) is 3.84. The Labute approximate surface area is 51.7 Å². The Morgan fingerprint density at radius 2 is 2.50 bits per heavy atom. The highest BCUT2D eigenvalue weighted by molar-refractivity contribution is 4.58. The molecule has 1 heterocycles. The molecule has 1 aliphatic rings. The second-order valence-electron chi connectivity index (χ2n) is 2.66. The van der Waals surface area contributed by atoms with Crippen molar-refractivity contribution in [3.8, 4) is 0 Å². The molecule has 1 N–H and O–H groups in total. The summed E-state index contributed by atoms with van der Waals surface area (Å²) >= 11 is 0. The van der Waals surface area contributed by atoms with Crippen LogP contribution in [0.15, 0.2) is 0 Å². The summed E-state index contributed by atoms with van der Waals surface area (Å²) in [4.78, 5) is 1.49. The Hall–Kier alpha value is -0.0400. The topological polar surface area (TPSA) is 4.44 Å². The van der Waals surface area contributed by atoms with E-state index in [4.69, 9.17) is 0 Å². The predicted octanol–water partition coefficient (Wildman–Crippen LogP) is 0.235. The maximum absolute atomic E-state index is 4.01. The molecular formula is C7H15N. The minimum Gasteiger partial charge on any atom is -0.465 e. The molecule has 1 heteroatoms. The summed E-state index contributed by atoms with van der Waals surface area (Å²) in [5, 5.41) is 0. The first-order valence-electron chi connectivity index (χ1n) is 3.52. The van der Waals surface area contributed by atoms with E-state index in [-0.39, 0.29) is 0 Å². The van der Waals surface area contributed by atoms with Gasteiger partial charge in [-0.1, -0.05) is 6.92 Å². The van der Waals surface area contributed by atoms with Gasteiger partial charge in [-0.25, -0.2) is 0 Å². The standard InChI is InChI=1S/C7H15N/c1-3-7-5-4-6-8(7)2/h7-8H,2-6H2,1H3/t7-/m1/s1. The maximum Gasteiger partial charge on any atom is 0.0634 e. The quantitative estimate of drug-likeness (QED) is 0.464. The van der Waals surface area contributed by atoms with Gasteiger partial charge in [0, 0.05) is 6.42 Å². The average Bonchev–Trinajstić information content (AvgIpc) is 2.14. The van der Waals surface area contributed by atoms with Crippen molar-refractivity contribution >= 4 is 0 Å². The molecule has 0 aromatic carbocycles. The van der Waals surface area contributed by atoms with Crippen LogP contribution in [-0.2, 0) is 0 Å². The van der Waals surface area contributed by atoms with Gasteiger partial charge < -0.3 is 4.90 Å². The third kappa shape index (κ3) is 1.03. The smallest absolute Gasteiger partial charge is 0.0634 e. The Balaban J connectivity index is 2.30. The van der Waals surface area contributed by atoms with Gasteiger partial charge in [0.05, 0.1) is 12.6 Å². The SMILES string of the molecule is [CH2-][NH+]1CCC[C@H]1CC. The molecule has 1 saturated heterocycles. The fourth-order valence-electron chi connectivity index (χ4n) is 1.48. The van der Waals surface area contributed by atoms with Crippen LogP contribution in [0.3, 0.4) is 0 Å². The zero-order valence-corrected chi connectivity index (χ0v) is 5.61. The van der Waals surface area contributed by atoms with E-state index < -0.39 is 0 Å². The highest BCUT2D eigenvalue weighted by Gasteiger charge is 2.17. The fraction of sp³-hybridized carbons (Fsp3) is 0.857. The van der Waals surface area contributed by atoms with Crippen molar-refractivity contribution in [1.82, 2.24) is 0 Å². The second-order valence-corrected chi connectivity index (χ2v) is 2.66.